The first-order chi connectivity index (χ1) is 12.3. The third-order valence-corrected chi connectivity index (χ3v) is 4.37. The Morgan fingerprint density at radius 2 is 1.96 bits per heavy atom. The smallest absolute Gasteiger partial charge is 0.230 e. The second-order valence-electron chi connectivity index (χ2n) is 5.24. The summed E-state index contributed by atoms with van der Waals surface area (Å²) in [5.74, 6) is -0.112. The molecule has 0 radical (unpaired) electrons. The van der Waals surface area contributed by atoms with Gasteiger partial charge in [-0.3, -0.25) is 4.79 Å². The van der Waals surface area contributed by atoms with Gasteiger partial charge < -0.3 is 9.88 Å². The molecule has 0 saturated heterocycles. The van der Waals surface area contributed by atoms with Crippen LogP contribution in [-0.2, 0) is 11.2 Å². The number of carbonyl (C=O) groups is 1. The van der Waals surface area contributed by atoms with Gasteiger partial charge in [0, 0.05) is 23.5 Å². The molecule has 0 unspecified atom stereocenters. The summed E-state index contributed by atoms with van der Waals surface area (Å²) in [6.45, 7) is 0. The van der Waals surface area contributed by atoms with Crippen molar-refractivity contribution >= 4 is 22.9 Å². The molecule has 0 bridgehead atoms. The Balaban J connectivity index is 1.39. The van der Waals surface area contributed by atoms with Crippen LogP contribution < -0.4 is 5.32 Å². The van der Waals surface area contributed by atoms with E-state index in [0.29, 0.717) is 5.69 Å². The third kappa shape index (κ3) is 3.45. The number of nitrogens with one attached hydrogen (secondary N) is 1. The quantitative estimate of drug-likeness (QED) is 0.594. The molecule has 0 atom stereocenters. The fourth-order valence-corrected chi connectivity index (χ4v) is 3.10. The van der Waals surface area contributed by atoms with Crippen molar-refractivity contribution in [3.63, 3.8) is 0 Å². The molecule has 1 amide bonds. The Labute approximate surface area is 146 Å². The normalized spacial score (nSPS) is 10.7. The number of benzene rings is 1. The number of carbonyl (C=O) groups excluding carboxylic acids is 1. The van der Waals surface area contributed by atoms with Crippen LogP contribution in [0.2, 0.25) is 0 Å². The average molecular weight is 351 g/mol. The van der Waals surface area contributed by atoms with Gasteiger partial charge >= 0.3 is 0 Å². The maximum absolute atomic E-state index is 12.2. The van der Waals surface area contributed by atoms with E-state index in [0.717, 1.165) is 16.5 Å². The summed E-state index contributed by atoms with van der Waals surface area (Å²) in [5.41, 5.74) is 2.28. The Kier molecular flexibility index (Phi) is 4.05. The van der Waals surface area contributed by atoms with Crippen molar-refractivity contribution in [2.45, 2.75) is 6.42 Å². The van der Waals surface area contributed by atoms with Crippen molar-refractivity contribution in [3.8, 4) is 10.8 Å². The van der Waals surface area contributed by atoms with E-state index < -0.39 is 0 Å². The molecular formula is C16H13N7OS. The molecule has 3 aromatic heterocycles. The molecule has 0 spiro atoms. The molecule has 0 aliphatic heterocycles. The highest BCUT2D eigenvalue weighted by molar-refractivity contribution is 7.12. The van der Waals surface area contributed by atoms with Crippen LogP contribution in [0.25, 0.3) is 10.8 Å². The lowest BCUT2D eigenvalue weighted by Gasteiger charge is -2.05. The van der Waals surface area contributed by atoms with Gasteiger partial charge in [-0.2, -0.15) is 0 Å². The predicted molar refractivity (Wildman–Crippen MR) is 92.9 cm³/mol. The zero-order valence-corrected chi connectivity index (χ0v) is 13.8. The van der Waals surface area contributed by atoms with Crippen LogP contribution in [-0.4, -0.2) is 35.7 Å². The van der Waals surface area contributed by atoms with Crippen LogP contribution in [0.5, 0.6) is 0 Å². The van der Waals surface area contributed by atoms with Gasteiger partial charge in [-0.1, -0.05) is 0 Å². The summed E-state index contributed by atoms with van der Waals surface area (Å²) < 4.78 is 3.47. The topological polar surface area (TPSA) is 90.5 Å². The molecule has 4 rings (SSSR count). The number of thiazole rings is 1. The van der Waals surface area contributed by atoms with Gasteiger partial charge in [0.15, 0.2) is 5.13 Å². The summed E-state index contributed by atoms with van der Waals surface area (Å²) in [6, 6.07) is 11.2. The van der Waals surface area contributed by atoms with E-state index >= 15 is 0 Å². The number of nitrogens with zero attached hydrogens (tertiary/aromatic N) is 6. The van der Waals surface area contributed by atoms with Crippen molar-refractivity contribution in [1.82, 2.24) is 29.8 Å². The highest BCUT2D eigenvalue weighted by Gasteiger charge is 2.09. The SMILES string of the molecule is O=C(Cc1csc(-n2cccc2)n1)Nc1ccc(-n2cnnn2)cc1. The predicted octanol–water partition coefficient (Wildman–Crippen LogP) is 2.09. The minimum atomic E-state index is -0.112. The van der Waals surface area contributed by atoms with E-state index in [1.807, 2.05) is 46.6 Å². The number of hydrogen-bond donors (Lipinski definition) is 1. The van der Waals surface area contributed by atoms with Gasteiger partial charge in [0.05, 0.1) is 17.8 Å². The molecule has 8 nitrogen and oxygen atoms in total. The number of amides is 1. The van der Waals surface area contributed by atoms with E-state index in [-0.39, 0.29) is 12.3 Å². The highest BCUT2D eigenvalue weighted by Crippen LogP contribution is 2.16. The second kappa shape index (κ2) is 6.65. The van der Waals surface area contributed by atoms with Gasteiger partial charge in [0.25, 0.3) is 0 Å². The molecule has 1 aromatic carbocycles. The number of hydrogen-bond acceptors (Lipinski definition) is 6. The molecule has 4 aromatic rings. The van der Waals surface area contributed by atoms with Gasteiger partial charge in [0.2, 0.25) is 5.91 Å². The van der Waals surface area contributed by atoms with E-state index in [4.69, 9.17) is 0 Å². The maximum Gasteiger partial charge on any atom is 0.230 e. The summed E-state index contributed by atoms with van der Waals surface area (Å²) in [6.07, 6.45) is 5.59. The number of anilines is 1. The highest BCUT2D eigenvalue weighted by atomic mass is 32.1. The van der Waals surface area contributed by atoms with Crippen LogP contribution in [0, 0.1) is 0 Å². The van der Waals surface area contributed by atoms with Gasteiger partial charge in [-0.25, -0.2) is 9.67 Å². The number of tetrazole rings is 1. The minimum Gasteiger partial charge on any atom is -0.326 e. The lowest BCUT2D eigenvalue weighted by Crippen LogP contribution is -2.14. The monoisotopic (exact) mass is 351 g/mol. The lowest BCUT2D eigenvalue weighted by molar-refractivity contribution is -0.115. The summed E-state index contributed by atoms with van der Waals surface area (Å²) in [7, 11) is 0. The van der Waals surface area contributed by atoms with Gasteiger partial charge in [-0.05, 0) is 46.8 Å². The van der Waals surface area contributed by atoms with E-state index in [9.17, 15) is 4.79 Å². The standard InChI is InChI=1S/C16H13N7OS/c24-15(9-13-10-25-16(19-13)22-7-1-2-8-22)18-12-3-5-14(6-4-12)23-11-17-20-21-23/h1-8,10-11H,9H2,(H,18,24). The zero-order valence-electron chi connectivity index (χ0n) is 13.0. The Morgan fingerprint density at radius 1 is 1.16 bits per heavy atom. The number of rotatable bonds is 5. The van der Waals surface area contributed by atoms with Gasteiger partial charge in [-0.15, -0.1) is 16.4 Å². The first kappa shape index (κ1) is 15.2. The van der Waals surface area contributed by atoms with Crippen LogP contribution >= 0.6 is 11.3 Å². The summed E-state index contributed by atoms with van der Waals surface area (Å²) in [4.78, 5) is 16.7. The molecule has 0 saturated carbocycles. The molecular weight excluding hydrogens is 338 g/mol. The van der Waals surface area contributed by atoms with E-state index in [1.54, 1.807) is 16.8 Å². The summed E-state index contributed by atoms with van der Waals surface area (Å²) in [5, 5.41) is 16.6. The molecule has 1 N–H and O–H groups in total. The van der Waals surface area contributed by atoms with Crippen LogP contribution in [0.3, 0.4) is 0 Å². The minimum absolute atomic E-state index is 0.112. The second-order valence-corrected chi connectivity index (χ2v) is 6.07. The van der Waals surface area contributed by atoms with Crippen molar-refractivity contribution in [2.24, 2.45) is 0 Å². The van der Waals surface area contributed by atoms with Crippen LogP contribution in [0.1, 0.15) is 5.69 Å². The maximum atomic E-state index is 12.2. The third-order valence-electron chi connectivity index (χ3n) is 3.47. The molecule has 124 valence electrons. The largest absolute Gasteiger partial charge is 0.326 e. The Bertz CT molecular complexity index is 959. The first-order valence-corrected chi connectivity index (χ1v) is 8.37. The van der Waals surface area contributed by atoms with Gasteiger partial charge in [0.1, 0.15) is 6.33 Å². The Hall–Kier alpha value is -3.33. The zero-order chi connectivity index (χ0) is 17.1. The Morgan fingerprint density at radius 3 is 2.68 bits per heavy atom. The first-order valence-electron chi connectivity index (χ1n) is 7.49. The molecule has 9 heteroatoms. The molecule has 3 heterocycles. The van der Waals surface area contributed by atoms with Crippen molar-refractivity contribution in [2.75, 3.05) is 5.32 Å². The number of aromatic nitrogens is 6. The summed E-state index contributed by atoms with van der Waals surface area (Å²) >= 11 is 1.51. The van der Waals surface area contributed by atoms with Crippen molar-refractivity contribution in [1.29, 1.82) is 0 Å². The van der Waals surface area contributed by atoms with Crippen molar-refractivity contribution in [3.05, 3.63) is 66.2 Å². The van der Waals surface area contributed by atoms with E-state index in [2.05, 4.69) is 25.8 Å². The van der Waals surface area contributed by atoms with Crippen molar-refractivity contribution < 1.29 is 4.79 Å². The lowest BCUT2D eigenvalue weighted by atomic mass is 10.2. The van der Waals surface area contributed by atoms with E-state index in [1.165, 1.54) is 17.7 Å². The molecule has 0 fully saturated rings. The average Bonchev–Trinajstić information content (AvgIpc) is 3.37. The molecule has 25 heavy (non-hydrogen) atoms. The van der Waals surface area contributed by atoms with Crippen LogP contribution in [0.4, 0.5) is 5.69 Å². The fourth-order valence-electron chi connectivity index (χ4n) is 2.30. The van der Waals surface area contributed by atoms with Crippen LogP contribution in [0.15, 0.2) is 60.5 Å². The molecule has 0 aliphatic carbocycles. The fraction of sp³-hybridized carbons (Fsp3) is 0.0625. The molecule has 0 aliphatic rings.